The monoisotopic (exact) mass is 364 g/mol. The quantitative estimate of drug-likeness (QED) is 0.835. The van der Waals surface area contributed by atoms with Crippen molar-refractivity contribution in [2.75, 3.05) is 26.7 Å². The Hall–Kier alpha value is -2.44. The van der Waals surface area contributed by atoms with Crippen LogP contribution in [0.5, 0.6) is 0 Å². The second-order valence-corrected chi connectivity index (χ2v) is 6.92. The van der Waals surface area contributed by atoms with Gasteiger partial charge in [-0.1, -0.05) is 19.1 Å². The summed E-state index contributed by atoms with van der Waals surface area (Å²) in [6, 6.07) is 6.14. The highest BCUT2D eigenvalue weighted by atomic mass is 19.1. The zero-order valence-corrected chi connectivity index (χ0v) is 15.2. The topological polar surface area (TPSA) is 77.9 Å². The normalized spacial score (nSPS) is 16.2. The van der Waals surface area contributed by atoms with E-state index in [1.807, 2.05) is 0 Å². The number of likely N-dealkylation sites (tertiary alicyclic amines) is 1. The standard InChI is InChI=1S/C19H25FN2O4/c1-13(10-14-4-3-5-16(20)11-14)18(24)21(2)12-17(23)22-8-6-15(7-9-22)19(25)26/h3-5,11,13,15H,6-10,12H2,1-2H3,(H,25,26). The summed E-state index contributed by atoms with van der Waals surface area (Å²) in [5.74, 6) is -2.28. The van der Waals surface area contributed by atoms with Crippen molar-refractivity contribution in [3.63, 3.8) is 0 Å². The number of amides is 2. The van der Waals surface area contributed by atoms with Crippen molar-refractivity contribution in [2.24, 2.45) is 11.8 Å². The number of piperidine rings is 1. The number of hydrogen-bond donors (Lipinski definition) is 1. The first kappa shape index (κ1) is 19.9. The van der Waals surface area contributed by atoms with Gasteiger partial charge in [-0.3, -0.25) is 14.4 Å². The molecule has 1 aromatic rings. The number of carbonyl (C=O) groups is 3. The molecule has 1 aliphatic rings. The number of rotatable bonds is 6. The Morgan fingerprint density at radius 2 is 1.96 bits per heavy atom. The molecule has 2 rings (SSSR count). The maximum absolute atomic E-state index is 13.3. The van der Waals surface area contributed by atoms with Crippen molar-refractivity contribution in [2.45, 2.75) is 26.2 Å². The molecule has 1 atom stereocenters. The van der Waals surface area contributed by atoms with Gasteiger partial charge in [0.2, 0.25) is 11.8 Å². The van der Waals surface area contributed by atoms with Gasteiger partial charge >= 0.3 is 5.97 Å². The first-order valence-corrected chi connectivity index (χ1v) is 8.78. The van der Waals surface area contributed by atoms with E-state index in [-0.39, 0.29) is 30.1 Å². The highest BCUT2D eigenvalue weighted by Crippen LogP contribution is 2.18. The molecule has 0 aliphatic carbocycles. The number of carboxylic acids is 1. The van der Waals surface area contributed by atoms with Crippen LogP contribution in [0.3, 0.4) is 0 Å². The smallest absolute Gasteiger partial charge is 0.306 e. The fraction of sp³-hybridized carbons (Fsp3) is 0.526. The molecule has 7 heteroatoms. The van der Waals surface area contributed by atoms with Crippen LogP contribution in [0, 0.1) is 17.7 Å². The summed E-state index contributed by atoms with van der Waals surface area (Å²) in [5.41, 5.74) is 0.737. The number of carbonyl (C=O) groups excluding carboxylic acids is 2. The number of carboxylic acid groups (broad SMARTS) is 1. The highest BCUT2D eigenvalue weighted by Gasteiger charge is 2.28. The number of hydrogen-bond acceptors (Lipinski definition) is 3. The summed E-state index contributed by atoms with van der Waals surface area (Å²) in [5, 5.41) is 9.00. The first-order chi connectivity index (χ1) is 12.3. The molecular formula is C19H25FN2O4. The molecule has 1 aromatic carbocycles. The number of likely N-dealkylation sites (N-methyl/N-ethyl adjacent to an activating group) is 1. The molecule has 1 fully saturated rings. The van der Waals surface area contributed by atoms with Gasteiger partial charge in [-0.25, -0.2) is 4.39 Å². The summed E-state index contributed by atoms with van der Waals surface area (Å²) >= 11 is 0. The fourth-order valence-corrected chi connectivity index (χ4v) is 3.24. The lowest BCUT2D eigenvalue weighted by molar-refractivity contribution is -0.146. The van der Waals surface area contributed by atoms with Crippen LogP contribution in [0.25, 0.3) is 0 Å². The molecule has 0 spiro atoms. The SMILES string of the molecule is CC(Cc1cccc(F)c1)C(=O)N(C)CC(=O)N1CCC(C(=O)O)CC1. The van der Waals surface area contributed by atoms with E-state index in [2.05, 4.69) is 0 Å². The molecular weight excluding hydrogens is 339 g/mol. The van der Waals surface area contributed by atoms with Gasteiger partial charge in [0.05, 0.1) is 12.5 Å². The average Bonchev–Trinajstić information content (AvgIpc) is 2.61. The van der Waals surface area contributed by atoms with Crippen molar-refractivity contribution in [1.29, 1.82) is 0 Å². The lowest BCUT2D eigenvalue weighted by Crippen LogP contribution is -2.46. The first-order valence-electron chi connectivity index (χ1n) is 8.78. The van der Waals surface area contributed by atoms with E-state index in [9.17, 15) is 18.8 Å². The molecule has 1 heterocycles. The van der Waals surface area contributed by atoms with Gasteiger partial charge in [0.25, 0.3) is 0 Å². The third kappa shape index (κ3) is 5.28. The summed E-state index contributed by atoms with van der Waals surface area (Å²) in [7, 11) is 1.58. The lowest BCUT2D eigenvalue weighted by atomic mass is 9.97. The zero-order valence-electron chi connectivity index (χ0n) is 15.2. The van der Waals surface area contributed by atoms with E-state index in [0.29, 0.717) is 32.4 Å². The summed E-state index contributed by atoms with van der Waals surface area (Å²) in [4.78, 5) is 38.8. The molecule has 1 saturated heterocycles. The van der Waals surface area contributed by atoms with Crippen LogP contribution >= 0.6 is 0 Å². The van der Waals surface area contributed by atoms with Gasteiger partial charge in [-0.15, -0.1) is 0 Å². The van der Waals surface area contributed by atoms with Gasteiger partial charge in [-0.2, -0.15) is 0 Å². The van der Waals surface area contributed by atoms with Crippen LogP contribution in [-0.4, -0.2) is 59.4 Å². The van der Waals surface area contributed by atoms with Crippen molar-refractivity contribution >= 4 is 17.8 Å². The van der Waals surface area contributed by atoms with E-state index < -0.39 is 11.9 Å². The molecule has 0 aromatic heterocycles. The van der Waals surface area contributed by atoms with E-state index in [4.69, 9.17) is 5.11 Å². The predicted octanol–water partition coefficient (Wildman–Crippen LogP) is 1.79. The molecule has 2 amide bonds. The van der Waals surface area contributed by atoms with Gasteiger partial charge in [0, 0.05) is 26.1 Å². The van der Waals surface area contributed by atoms with Crippen molar-refractivity contribution in [3.05, 3.63) is 35.6 Å². The number of nitrogens with zero attached hydrogens (tertiary/aromatic N) is 2. The van der Waals surface area contributed by atoms with Gasteiger partial charge in [-0.05, 0) is 37.0 Å². The summed E-state index contributed by atoms with van der Waals surface area (Å²) < 4.78 is 13.3. The Bertz CT molecular complexity index is 671. The van der Waals surface area contributed by atoms with Crippen LogP contribution in [-0.2, 0) is 20.8 Å². The van der Waals surface area contributed by atoms with Crippen LogP contribution in [0.15, 0.2) is 24.3 Å². The molecule has 1 N–H and O–H groups in total. The van der Waals surface area contributed by atoms with Crippen LogP contribution < -0.4 is 0 Å². The van der Waals surface area contributed by atoms with Crippen molar-refractivity contribution in [3.8, 4) is 0 Å². The van der Waals surface area contributed by atoms with Crippen molar-refractivity contribution in [1.82, 2.24) is 9.80 Å². The lowest BCUT2D eigenvalue weighted by Gasteiger charge is -2.32. The average molecular weight is 364 g/mol. The maximum Gasteiger partial charge on any atom is 0.306 e. The summed E-state index contributed by atoms with van der Waals surface area (Å²) in [6.07, 6.45) is 1.28. The Morgan fingerprint density at radius 3 is 2.54 bits per heavy atom. The minimum Gasteiger partial charge on any atom is -0.481 e. The van der Waals surface area contributed by atoms with Gasteiger partial charge in [0.1, 0.15) is 5.82 Å². The Morgan fingerprint density at radius 1 is 1.31 bits per heavy atom. The number of benzene rings is 1. The van der Waals surface area contributed by atoms with Crippen LogP contribution in [0.1, 0.15) is 25.3 Å². The van der Waals surface area contributed by atoms with Gasteiger partial charge < -0.3 is 14.9 Å². The van der Waals surface area contributed by atoms with Crippen molar-refractivity contribution < 1.29 is 23.9 Å². The van der Waals surface area contributed by atoms with E-state index in [0.717, 1.165) is 5.56 Å². The van der Waals surface area contributed by atoms with E-state index in [1.165, 1.54) is 17.0 Å². The van der Waals surface area contributed by atoms with Gasteiger partial charge in [0.15, 0.2) is 0 Å². The molecule has 6 nitrogen and oxygen atoms in total. The third-order valence-electron chi connectivity index (χ3n) is 4.80. The molecule has 1 unspecified atom stereocenters. The molecule has 1 aliphatic heterocycles. The van der Waals surface area contributed by atoms with Crippen LogP contribution in [0.4, 0.5) is 4.39 Å². The second-order valence-electron chi connectivity index (χ2n) is 6.92. The molecule has 142 valence electrons. The minimum atomic E-state index is -0.824. The number of halogens is 1. The van der Waals surface area contributed by atoms with E-state index in [1.54, 1.807) is 31.0 Å². The molecule has 26 heavy (non-hydrogen) atoms. The zero-order chi connectivity index (χ0) is 19.3. The molecule has 0 bridgehead atoms. The summed E-state index contributed by atoms with van der Waals surface area (Å²) in [6.45, 7) is 2.52. The molecule has 0 radical (unpaired) electrons. The number of aliphatic carboxylic acids is 1. The Balaban J connectivity index is 1.84. The maximum atomic E-state index is 13.3. The minimum absolute atomic E-state index is 0.0376. The van der Waals surface area contributed by atoms with Crippen LogP contribution in [0.2, 0.25) is 0 Å². The third-order valence-corrected chi connectivity index (χ3v) is 4.80. The highest BCUT2D eigenvalue weighted by molar-refractivity contribution is 5.86. The predicted molar refractivity (Wildman–Crippen MR) is 93.8 cm³/mol. The largest absolute Gasteiger partial charge is 0.481 e. The Labute approximate surface area is 152 Å². The van der Waals surface area contributed by atoms with E-state index >= 15 is 0 Å². The Kier molecular flexibility index (Phi) is 6.71. The second kappa shape index (κ2) is 8.78. The molecule has 0 saturated carbocycles. The fourth-order valence-electron chi connectivity index (χ4n) is 3.24.